The molecule has 1 saturated heterocycles. The van der Waals surface area contributed by atoms with Crippen LogP contribution in [0.3, 0.4) is 0 Å². The largest absolute Gasteiger partial charge is 0.389 e. The van der Waals surface area contributed by atoms with E-state index >= 15 is 0 Å². The topological polar surface area (TPSA) is 75.7 Å². The van der Waals surface area contributed by atoms with E-state index in [1.165, 1.54) is 0 Å². The molecule has 0 aromatic rings. The van der Waals surface area contributed by atoms with Crippen molar-refractivity contribution in [2.75, 3.05) is 0 Å². The molecular weight excluding hydrogens is 158 g/mol. The Kier molecular flexibility index (Phi) is 2.73. The van der Waals surface area contributed by atoms with Gasteiger partial charge in [-0.1, -0.05) is 6.92 Å². The van der Waals surface area contributed by atoms with Crippen LogP contribution in [0.4, 0.5) is 0 Å². The molecule has 1 aliphatic heterocycles. The van der Waals surface area contributed by atoms with E-state index in [4.69, 9.17) is 10.5 Å². The molecule has 4 atom stereocenters. The van der Waals surface area contributed by atoms with Gasteiger partial charge in [-0.2, -0.15) is 0 Å². The number of rotatable bonds is 1. The summed E-state index contributed by atoms with van der Waals surface area (Å²) in [4.78, 5) is 0. The average Bonchev–Trinajstić information content (AvgIpc) is 2.00. The molecule has 1 heterocycles. The highest BCUT2D eigenvalue weighted by atomic mass is 16.6. The smallest absolute Gasteiger partial charge is 0.167 e. The van der Waals surface area contributed by atoms with E-state index in [1.54, 1.807) is 6.92 Å². The third-order valence-electron chi connectivity index (χ3n) is 2.43. The van der Waals surface area contributed by atoms with Gasteiger partial charge in [-0.15, -0.1) is 0 Å². The van der Waals surface area contributed by atoms with Crippen LogP contribution in [0.1, 0.15) is 26.7 Å². The third kappa shape index (κ3) is 1.77. The van der Waals surface area contributed by atoms with Gasteiger partial charge in [0.1, 0.15) is 0 Å². The van der Waals surface area contributed by atoms with Crippen LogP contribution >= 0.6 is 0 Å². The minimum absolute atomic E-state index is 0.301. The Morgan fingerprint density at radius 2 is 2.25 bits per heavy atom. The fourth-order valence-electron chi connectivity index (χ4n) is 1.53. The lowest BCUT2D eigenvalue weighted by Crippen LogP contribution is -2.56. The number of hydrogen-bond donors (Lipinski definition) is 3. The van der Waals surface area contributed by atoms with Gasteiger partial charge in [0.25, 0.3) is 0 Å². The Hall–Kier alpha value is -0.160. The molecule has 4 N–H and O–H groups in total. The number of aliphatic hydroxyl groups is 2. The molecule has 0 aliphatic carbocycles. The average molecular weight is 175 g/mol. The summed E-state index contributed by atoms with van der Waals surface area (Å²) in [5.41, 5.74) is 5.63. The molecule has 0 bridgehead atoms. The Morgan fingerprint density at radius 3 is 2.67 bits per heavy atom. The second-order valence-electron chi connectivity index (χ2n) is 3.48. The molecule has 0 amide bonds. The molecule has 4 nitrogen and oxygen atoms in total. The van der Waals surface area contributed by atoms with Gasteiger partial charge in [0.2, 0.25) is 0 Å². The first kappa shape index (κ1) is 9.92. The first-order valence-corrected chi connectivity index (χ1v) is 4.32. The van der Waals surface area contributed by atoms with Crippen molar-refractivity contribution in [2.45, 2.75) is 50.7 Å². The van der Waals surface area contributed by atoms with E-state index in [0.29, 0.717) is 12.8 Å². The van der Waals surface area contributed by atoms with Crippen molar-refractivity contribution in [1.29, 1.82) is 0 Å². The molecular formula is C8H17NO3. The standard InChI is InChI=1S/C8H17NO3/c1-3-8(11)4-6(9)7(10)5(2)12-8/h5-7,10-11H,3-4,9H2,1-2H3. The summed E-state index contributed by atoms with van der Waals surface area (Å²) in [5, 5.41) is 19.1. The van der Waals surface area contributed by atoms with E-state index < -0.39 is 24.0 Å². The Labute approximate surface area is 72.3 Å². The summed E-state index contributed by atoms with van der Waals surface area (Å²) in [6.07, 6.45) is -0.261. The third-order valence-corrected chi connectivity index (χ3v) is 2.43. The van der Waals surface area contributed by atoms with E-state index in [-0.39, 0.29) is 0 Å². The summed E-state index contributed by atoms with van der Waals surface area (Å²) in [7, 11) is 0. The molecule has 1 fully saturated rings. The maximum Gasteiger partial charge on any atom is 0.167 e. The van der Waals surface area contributed by atoms with Crippen LogP contribution in [-0.4, -0.2) is 34.2 Å². The monoisotopic (exact) mass is 175 g/mol. The SMILES string of the molecule is CCC1(O)CC(N)C(O)C(C)O1. The maximum absolute atomic E-state index is 9.73. The van der Waals surface area contributed by atoms with Crippen LogP contribution in [0.25, 0.3) is 0 Å². The molecule has 1 aliphatic rings. The second kappa shape index (κ2) is 3.30. The summed E-state index contributed by atoms with van der Waals surface area (Å²) in [5.74, 6) is -1.14. The lowest BCUT2D eigenvalue weighted by molar-refractivity contribution is -0.277. The van der Waals surface area contributed by atoms with Gasteiger partial charge in [0, 0.05) is 12.5 Å². The van der Waals surface area contributed by atoms with Crippen molar-refractivity contribution in [1.82, 2.24) is 0 Å². The minimum atomic E-state index is -1.14. The van der Waals surface area contributed by atoms with Crippen LogP contribution in [0.2, 0.25) is 0 Å². The van der Waals surface area contributed by atoms with E-state index in [1.807, 2.05) is 6.92 Å². The van der Waals surface area contributed by atoms with Crippen molar-refractivity contribution < 1.29 is 14.9 Å². The second-order valence-corrected chi connectivity index (χ2v) is 3.48. The maximum atomic E-state index is 9.73. The number of nitrogens with two attached hydrogens (primary N) is 1. The molecule has 0 saturated carbocycles. The first-order valence-electron chi connectivity index (χ1n) is 4.32. The Bertz CT molecular complexity index is 150. The van der Waals surface area contributed by atoms with Gasteiger partial charge in [-0.25, -0.2) is 0 Å². The molecule has 1 rings (SSSR count). The fraction of sp³-hybridized carbons (Fsp3) is 1.00. The van der Waals surface area contributed by atoms with Crippen LogP contribution in [0, 0.1) is 0 Å². The zero-order valence-corrected chi connectivity index (χ0v) is 7.53. The van der Waals surface area contributed by atoms with Crippen LogP contribution in [-0.2, 0) is 4.74 Å². The quantitative estimate of drug-likeness (QED) is 0.506. The zero-order valence-electron chi connectivity index (χ0n) is 7.53. The highest BCUT2D eigenvalue weighted by molar-refractivity contribution is 4.88. The first-order chi connectivity index (χ1) is 5.48. The highest BCUT2D eigenvalue weighted by Crippen LogP contribution is 2.28. The van der Waals surface area contributed by atoms with E-state index in [2.05, 4.69) is 0 Å². The minimum Gasteiger partial charge on any atom is -0.389 e. The molecule has 0 aromatic carbocycles. The lowest BCUT2D eigenvalue weighted by Gasteiger charge is -2.41. The van der Waals surface area contributed by atoms with Gasteiger partial charge in [0.05, 0.1) is 12.2 Å². The molecule has 4 unspecified atom stereocenters. The van der Waals surface area contributed by atoms with Crippen molar-refractivity contribution >= 4 is 0 Å². The summed E-state index contributed by atoms with van der Waals surface area (Å²) >= 11 is 0. The molecule has 0 radical (unpaired) electrons. The summed E-state index contributed by atoms with van der Waals surface area (Å²) < 4.78 is 5.23. The number of aliphatic hydroxyl groups excluding tert-OH is 1. The molecule has 72 valence electrons. The number of ether oxygens (including phenoxy) is 1. The predicted octanol–water partition coefficient (Wildman–Crippen LogP) is -0.418. The van der Waals surface area contributed by atoms with Gasteiger partial charge < -0.3 is 20.7 Å². The van der Waals surface area contributed by atoms with Gasteiger partial charge in [-0.3, -0.25) is 0 Å². The summed E-state index contributed by atoms with van der Waals surface area (Å²) in [6.45, 7) is 3.54. The molecule has 0 spiro atoms. The van der Waals surface area contributed by atoms with Gasteiger partial charge in [-0.05, 0) is 13.3 Å². The van der Waals surface area contributed by atoms with Crippen molar-refractivity contribution in [3.05, 3.63) is 0 Å². The van der Waals surface area contributed by atoms with Crippen molar-refractivity contribution in [2.24, 2.45) is 5.73 Å². The molecule has 12 heavy (non-hydrogen) atoms. The Morgan fingerprint density at radius 1 is 1.67 bits per heavy atom. The lowest BCUT2D eigenvalue weighted by atomic mass is 9.93. The van der Waals surface area contributed by atoms with Crippen LogP contribution < -0.4 is 5.73 Å². The van der Waals surface area contributed by atoms with E-state index in [0.717, 1.165) is 0 Å². The van der Waals surface area contributed by atoms with Crippen LogP contribution in [0.15, 0.2) is 0 Å². The molecule has 0 aromatic heterocycles. The Balaban J connectivity index is 2.65. The molecule has 4 heteroatoms. The predicted molar refractivity (Wildman–Crippen MR) is 44.4 cm³/mol. The van der Waals surface area contributed by atoms with Crippen molar-refractivity contribution in [3.8, 4) is 0 Å². The fourth-order valence-corrected chi connectivity index (χ4v) is 1.53. The zero-order chi connectivity index (χ0) is 9.35. The van der Waals surface area contributed by atoms with E-state index in [9.17, 15) is 10.2 Å². The normalized spacial score (nSPS) is 49.2. The van der Waals surface area contributed by atoms with Crippen molar-refractivity contribution in [3.63, 3.8) is 0 Å². The number of hydrogen-bond acceptors (Lipinski definition) is 4. The van der Waals surface area contributed by atoms with Gasteiger partial charge in [0.15, 0.2) is 5.79 Å². The van der Waals surface area contributed by atoms with Crippen LogP contribution in [0.5, 0.6) is 0 Å². The highest BCUT2D eigenvalue weighted by Gasteiger charge is 2.41. The summed E-state index contributed by atoms with van der Waals surface area (Å²) in [6, 6.07) is -0.390. The van der Waals surface area contributed by atoms with Gasteiger partial charge >= 0.3 is 0 Å².